The monoisotopic (exact) mass is 235 g/mol. The maximum atomic E-state index is 11.6. The Kier molecular flexibility index (Phi) is 4.33. The Hall–Kier alpha value is -2.24. The van der Waals surface area contributed by atoms with Gasteiger partial charge in [0.2, 0.25) is 0 Å². The molecule has 17 heavy (non-hydrogen) atoms. The zero-order valence-corrected chi connectivity index (χ0v) is 9.60. The van der Waals surface area contributed by atoms with Gasteiger partial charge in [-0.3, -0.25) is 4.79 Å². The number of hydrogen-bond donors (Lipinski definition) is 2. The zero-order valence-electron chi connectivity index (χ0n) is 9.60. The van der Waals surface area contributed by atoms with Gasteiger partial charge in [0.25, 0.3) is 5.91 Å². The van der Waals surface area contributed by atoms with Gasteiger partial charge in [-0.15, -0.1) is 0 Å². The summed E-state index contributed by atoms with van der Waals surface area (Å²) in [7, 11) is 0. The summed E-state index contributed by atoms with van der Waals surface area (Å²) < 4.78 is 0. The summed E-state index contributed by atoms with van der Waals surface area (Å²) >= 11 is 0. The van der Waals surface area contributed by atoms with Crippen molar-refractivity contribution in [3.8, 4) is 0 Å². The summed E-state index contributed by atoms with van der Waals surface area (Å²) in [6.07, 6.45) is 5.05. The number of amides is 1. The van der Waals surface area contributed by atoms with Gasteiger partial charge in [-0.1, -0.05) is 13.0 Å². The number of anilines is 1. The molecule has 0 saturated heterocycles. The molecule has 0 atom stereocenters. The van der Waals surface area contributed by atoms with Crippen molar-refractivity contribution in [2.75, 3.05) is 5.32 Å². The van der Waals surface area contributed by atoms with E-state index in [0.717, 1.165) is 6.42 Å². The van der Waals surface area contributed by atoms with Crippen molar-refractivity contribution in [1.29, 1.82) is 0 Å². The lowest BCUT2D eigenvalue weighted by molar-refractivity contribution is -0.112. The van der Waals surface area contributed by atoms with Gasteiger partial charge in [-0.2, -0.15) is 0 Å². The number of hydrogen-bond acceptors (Lipinski definition) is 4. The van der Waals surface area contributed by atoms with E-state index in [2.05, 4.69) is 15.3 Å². The second kappa shape index (κ2) is 5.74. The third-order valence-electron chi connectivity index (χ3n) is 2.00. The van der Waals surface area contributed by atoms with Gasteiger partial charge in [-0.05, 0) is 13.3 Å². The van der Waals surface area contributed by atoms with Crippen molar-refractivity contribution >= 4 is 17.7 Å². The Bertz CT molecular complexity index is 469. The summed E-state index contributed by atoms with van der Waals surface area (Å²) in [5.41, 5.74) is 0.236. The van der Waals surface area contributed by atoms with E-state index < -0.39 is 5.97 Å². The molecule has 1 aromatic rings. The molecule has 0 aromatic carbocycles. The van der Waals surface area contributed by atoms with Crippen LogP contribution in [0.2, 0.25) is 0 Å². The van der Waals surface area contributed by atoms with E-state index in [-0.39, 0.29) is 17.4 Å². The topological polar surface area (TPSA) is 92.2 Å². The Balaban J connectivity index is 2.92. The number of nitrogens with zero attached hydrogens (tertiary/aromatic N) is 2. The van der Waals surface area contributed by atoms with Gasteiger partial charge < -0.3 is 10.4 Å². The molecule has 1 rings (SSSR count). The number of carboxylic acids is 1. The Morgan fingerprint density at radius 2 is 2.06 bits per heavy atom. The van der Waals surface area contributed by atoms with Gasteiger partial charge in [0, 0.05) is 18.0 Å². The molecule has 2 N–H and O–H groups in total. The first-order chi connectivity index (χ1) is 8.06. The predicted octanol–water partition coefficient (Wildman–Crippen LogP) is 1.47. The molecule has 0 saturated carbocycles. The minimum Gasteiger partial charge on any atom is -0.476 e. The summed E-state index contributed by atoms with van der Waals surface area (Å²) in [5.74, 6) is -1.66. The van der Waals surface area contributed by atoms with Crippen LogP contribution in [0, 0.1) is 0 Å². The van der Waals surface area contributed by atoms with Crippen LogP contribution in [0.4, 0.5) is 5.82 Å². The lowest BCUT2D eigenvalue weighted by atomic mass is 10.2. The number of nitrogens with one attached hydrogen (secondary N) is 1. The quantitative estimate of drug-likeness (QED) is 0.771. The van der Waals surface area contributed by atoms with E-state index >= 15 is 0 Å². The maximum Gasteiger partial charge on any atom is 0.358 e. The molecule has 6 nitrogen and oxygen atoms in total. The van der Waals surface area contributed by atoms with Crippen LogP contribution in [0.25, 0.3) is 0 Å². The Morgan fingerprint density at radius 3 is 2.65 bits per heavy atom. The van der Waals surface area contributed by atoms with Crippen molar-refractivity contribution in [3.05, 3.63) is 29.7 Å². The molecule has 0 fully saturated rings. The van der Waals surface area contributed by atoms with Crippen LogP contribution < -0.4 is 5.32 Å². The van der Waals surface area contributed by atoms with Gasteiger partial charge >= 0.3 is 5.97 Å². The van der Waals surface area contributed by atoms with Gasteiger partial charge in [0.1, 0.15) is 0 Å². The largest absolute Gasteiger partial charge is 0.476 e. The van der Waals surface area contributed by atoms with E-state index in [9.17, 15) is 9.59 Å². The molecule has 0 aliphatic rings. The summed E-state index contributed by atoms with van der Waals surface area (Å²) in [5, 5.41) is 11.3. The van der Waals surface area contributed by atoms with Gasteiger partial charge in [0.05, 0.1) is 0 Å². The number of rotatable bonds is 4. The van der Waals surface area contributed by atoms with Gasteiger partial charge in [0.15, 0.2) is 11.5 Å². The minimum absolute atomic E-state index is 0.0474. The number of carbonyl (C=O) groups excluding carboxylic acids is 1. The van der Waals surface area contributed by atoms with Crippen molar-refractivity contribution in [1.82, 2.24) is 9.97 Å². The highest BCUT2D eigenvalue weighted by Crippen LogP contribution is 2.09. The minimum atomic E-state index is -1.23. The molecule has 0 radical (unpaired) electrons. The molecular formula is C11H13N3O3. The van der Waals surface area contributed by atoms with Crippen LogP contribution in [-0.2, 0) is 4.79 Å². The molecule has 0 bridgehead atoms. The molecule has 0 unspecified atom stereocenters. The highest BCUT2D eigenvalue weighted by molar-refractivity contribution is 6.05. The third-order valence-corrected chi connectivity index (χ3v) is 2.00. The first-order valence-corrected chi connectivity index (χ1v) is 5.08. The maximum absolute atomic E-state index is 11.6. The van der Waals surface area contributed by atoms with E-state index in [1.54, 1.807) is 13.0 Å². The number of allylic oxidation sites excluding steroid dienone is 1. The summed E-state index contributed by atoms with van der Waals surface area (Å²) in [6, 6.07) is 0. The van der Waals surface area contributed by atoms with E-state index in [0.29, 0.717) is 5.57 Å². The normalized spacial score (nSPS) is 11.1. The SMILES string of the molecule is CC/C=C(/C)C(=O)Nc1nccnc1C(=O)O. The van der Waals surface area contributed by atoms with Crippen molar-refractivity contribution in [2.24, 2.45) is 0 Å². The van der Waals surface area contributed by atoms with Crippen molar-refractivity contribution < 1.29 is 14.7 Å². The molecule has 6 heteroatoms. The fourth-order valence-corrected chi connectivity index (χ4v) is 1.19. The predicted molar refractivity (Wildman–Crippen MR) is 61.7 cm³/mol. The number of carboxylic acid groups (broad SMARTS) is 1. The number of aromatic nitrogens is 2. The zero-order chi connectivity index (χ0) is 12.8. The van der Waals surface area contributed by atoms with Crippen LogP contribution >= 0.6 is 0 Å². The fraction of sp³-hybridized carbons (Fsp3) is 0.273. The van der Waals surface area contributed by atoms with E-state index in [1.165, 1.54) is 12.4 Å². The van der Waals surface area contributed by atoms with Gasteiger partial charge in [-0.25, -0.2) is 14.8 Å². The van der Waals surface area contributed by atoms with Crippen LogP contribution in [0.3, 0.4) is 0 Å². The van der Waals surface area contributed by atoms with Crippen LogP contribution in [0.1, 0.15) is 30.8 Å². The van der Waals surface area contributed by atoms with Crippen LogP contribution in [-0.4, -0.2) is 27.0 Å². The van der Waals surface area contributed by atoms with Crippen molar-refractivity contribution in [2.45, 2.75) is 20.3 Å². The lowest BCUT2D eigenvalue weighted by Gasteiger charge is -2.06. The Morgan fingerprint density at radius 1 is 1.41 bits per heavy atom. The van der Waals surface area contributed by atoms with Crippen LogP contribution in [0.5, 0.6) is 0 Å². The number of carbonyl (C=O) groups is 2. The van der Waals surface area contributed by atoms with Crippen molar-refractivity contribution in [3.63, 3.8) is 0 Å². The lowest BCUT2D eigenvalue weighted by Crippen LogP contribution is -2.17. The van der Waals surface area contributed by atoms with E-state index in [4.69, 9.17) is 5.11 Å². The highest BCUT2D eigenvalue weighted by atomic mass is 16.4. The second-order valence-electron chi connectivity index (χ2n) is 3.31. The first kappa shape index (κ1) is 12.8. The molecule has 1 heterocycles. The molecule has 1 amide bonds. The molecule has 0 aliphatic carbocycles. The molecule has 1 aromatic heterocycles. The first-order valence-electron chi connectivity index (χ1n) is 5.08. The Labute approximate surface area is 98.4 Å². The summed E-state index contributed by atoms with van der Waals surface area (Å²) in [4.78, 5) is 29.9. The number of aromatic carboxylic acids is 1. The standard InChI is InChI=1S/C11H13N3O3/c1-3-4-7(2)10(15)14-9-8(11(16)17)12-5-6-13-9/h4-6H,3H2,1-2H3,(H,16,17)(H,13,14,15)/b7-4-. The smallest absolute Gasteiger partial charge is 0.358 e. The molecular weight excluding hydrogens is 222 g/mol. The third kappa shape index (κ3) is 3.37. The molecule has 90 valence electrons. The average molecular weight is 235 g/mol. The summed E-state index contributed by atoms with van der Waals surface area (Å²) in [6.45, 7) is 3.55. The highest BCUT2D eigenvalue weighted by Gasteiger charge is 2.15. The van der Waals surface area contributed by atoms with E-state index in [1.807, 2.05) is 6.92 Å². The average Bonchev–Trinajstić information content (AvgIpc) is 2.29. The second-order valence-corrected chi connectivity index (χ2v) is 3.31. The molecule has 0 aliphatic heterocycles. The fourth-order valence-electron chi connectivity index (χ4n) is 1.19. The molecule has 0 spiro atoms. The van der Waals surface area contributed by atoms with Crippen LogP contribution in [0.15, 0.2) is 24.0 Å².